The van der Waals surface area contributed by atoms with Gasteiger partial charge in [-0.05, 0) is 69.7 Å². The molecule has 4 nitrogen and oxygen atoms in total. The van der Waals surface area contributed by atoms with Crippen molar-refractivity contribution >= 4 is 11.9 Å². The SMILES string of the molecule is CCCCC[C@H]1CC[C@H](C(=O)Oc2ccc(C(=O)OC(C)CC(C)F)cc2)CC1. The van der Waals surface area contributed by atoms with E-state index in [2.05, 4.69) is 6.92 Å². The predicted octanol–water partition coefficient (Wildman–Crippen LogP) is 6.27. The molecule has 0 spiro atoms. The van der Waals surface area contributed by atoms with E-state index in [-0.39, 0.29) is 18.3 Å². The molecule has 1 aliphatic rings. The molecule has 2 atom stereocenters. The zero-order chi connectivity index (χ0) is 21.2. The van der Waals surface area contributed by atoms with Crippen molar-refractivity contribution in [2.75, 3.05) is 0 Å². The Morgan fingerprint density at radius 1 is 1.07 bits per heavy atom. The van der Waals surface area contributed by atoms with Crippen molar-refractivity contribution < 1.29 is 23.5 Å². The molecule has 1 fully saturated rings. The summed E-state index contributed by atoms with van der Waals surface area (Å²) in [4.78, 5) is 24.5. The lowest BCUT2D eigenvalue weighted by Gasteiger charge is -2.27. The summed E-state index contributed by atoms with van der Waals surface area (Å²) < 4.78 is 23.7. The molecule has 0 N–H and O–H groups in total. The van der Waals surface area contributed by atoms with Crippen molar-refractivity contribution in [3.63, 3.8) is 0 Å². The van der Waals surface area contributed by atoms with Crippen LogP contribution in [0.25, 0.3) is 0 Å². The van der Waals surface area contributed by atoms with E-state index in [1.807, 2.05) is 0 Å². The summed E-state index contributed by atoms with van der Waals surface area (Å²) in [6, 6.07) is 6.35. The van der Waals surface area contributed by atoms with Gasteiger partial charge in [-0.15, -0.1) is 0 Å². The van der Waals surface area contributed by atoms with E-state index in [1.165, 1.54) is 32.6 Å². The van der Waals surface area contributed by atoms with Gasteiger partial charge < -0.3 is 9.47 Å². The third kappa shape index (κ3) is 8.15. The van der Waals surface area contributed by atoms with E-state index < -0.39 is 18.2 Å². The maximum Gasteiger partial charge on any atom is 0.338 e. The van der Waals surface area contributed by atoms with Gasteiger partial charge in [0.05, 0.1) is 11.5 Å². The molecule has 1 aromatic carbocycles. The summed E-state index contributed by atoms with van der Waals surface area (Å²) in [7, 11) is 0. The molecule has 29 heavy (non-hydrogen) atoms. The van der Waals surface area contributed by atoms with Gasteiger partial charge >= 0.3 is 11.9 Å². The number of alkyl halides is 1. The predicted molar refractivity (Wildman–Crippen MR) is 112 cm³/mol. The van der Waals surface area contributed by atoms with Crippen molar-refractivity contribution in [3.05, 3.63) is 29.8 Å². The van der Waals surface area contributed by atoms with Gasteiger partial charge in [-0.1, -0.05) is 32.6 Å². The fourth-order valence-corrected chi connectivity index (χ4v) is 3.98. The Morgan fingerprint density at radius 3 is 2.31 bits per heavy atom. The fourth-order valence-electron chi connectivity index (χ4n) is 3.98. The highest BCUT2D eigenvalue weighted by atomic mass is 19.1. The first-order valence-corrected chi connectivity index (χ1v) is 11.1. The molecule has 0 aliphatic heterocycles. The van der Waals surface area contributed by atoms with Gasteiger partial charge in [0.1, 0.15) is 18.0 Å². The van der Waals surface area contributed by atoms with Gasteiger partial charge in [-0.3, -0.25) is 4.79 Å². The number of halogens is 1. The van der Waals surface area contributed by atoms with Gasteiger partial charge in [0.15, 0.2) is 0 Å². The highest BCUT2D eigenvalue weighted by molar-refractivity contribution is 5.89. The Bertz CT molecular complexity index is 633. The molecule has 1 aromatic rings. The van der Waals surface area contributed by atoms with Crippen LogP contribution in [0, 0.1) is 11.8 Å². The minimum atomic E-state index is -1.02. The number of unbranched alkanes of at least 4 members (excludes halogenated alkanes) is 2. The van der Waals surface area contributed by atoms with E-state index in [0.717, 1.165) is 31.6 Å². The number of carbonyl (C=O) groups excluding carboxylic acids is 2. The normalized spacial score (nSPS) is 21.2. The van der Waals surface area contributed by atoms with Gasteiger partial charge in [0.2, 0.25) is 0 Å². The first-order chi connectivity index (χ1) is 13.9. The summed E-state index contributed by atoms with van der Waals surface area (Å²) in [6.45, 7) is 5.32. The van der Waals surface area contributed by atoms with E-state index in [4.69, 9.17) is 9.47 Å². The van der Waals surface area contributed by atoms with Crippen LogP contribution >= 0.6 is 0 Å². The number of benzene rings is 1. The molecule has 0 saturated heterocycles. The van der Waals surface area contributed by atoms with Crippen LogP contribution in [0.2, 0.25) is 0 Å². The third-order valence-electron chi connectivity index (χ3n) is 5.67. The Balaban J connectivity index is 1.78. The standard InChI is InChI=1S/C24H35FO4/c1-4-5-6-7-19-8-10-20(11-9-19)24(27)29-22-14-12-21(13-15-22)23(26)28-18(3)16-17(2)25/h12-15,17-20H,4-11,16H2,1-3H3/t17?,18?,19-,20-. The second kappa shape index (κ2) is 11.9. The van der Waals surface area contributed by atoms with E-state index in [1.54, 1.807) is 31.2 Å². The summed E-state index contributed by atoms with van der Waals surface area (Å²) in [5.41, 5.74) is 0.357. The highest BCUT2D eigenvalue weighted by Crippen LogP contribution is 2.33. The van der Waals surface area contributed by atoms with Crippen molar-refractivity contribution in [2.45, 2.75) is 90.8 Å². The van der Waals surface area contributed by atoms with Crippen LogP contribution in [0.1, 0.15) is 88.9 Å². The highest BCUT2D eigenvalue weighted by Gasteiger charge is 2.27. The van der Waals surface area contributed by atoms with Crippen LogP contribution in [-0.2, 0) is 9.53 Å². The van der Waals surface area contributed by atoms with Crippen LogP contribution < -0.4 is 4.74 Å². The van der Waals surface area contributed by atoms with E-state index >= 15 is 0 Å². The van der Waals surface area contributed by atoms with Crippen LogP contribution in [0.3, 0.4) is 0 Å². The summed E-state index contributed by atoms with van der Waals surface area (Å²) in [5, 5.41) is 0. The van der Waals surface area contributed by atoms with Gasteiger partial charge in [-0.2, -0.15) is 0 Å². The van der Waals surface area contributed by atoms with Gasteiger partial charge in [0, 0.05) is 6.42 Å². The number of esters is 2. The minimum Gasteiger partial charge on any atom is -0.459 e. The van der Waals surface area contributed by atoms with Gasteiger partial charge in [0.25, 0.3) is 0 Å². The van der Waals surface area contributed by atoms with Crippen LogP contribution in [0.15, 0.2) is 24.3 Å². The Labute approximate surface area is 174 Å². The molecular formula is C24H35FO4. The zero-order valence-electron chi connectivity index (χ0n) is 18.0. The monoisotopic (exact) mass is 406 g/mol. The number of rotatable bonds is 10. The molecular weight excluding hydrogens is 371 g/mol. The summed E-state index contributed by atoms with van der Waals surface area (Å²) in [6.07, 6.45) is 7.75. The lowest BCUT2D eigenvalue weighted by atomic mass is 9.80. The largest absolute Gasteiger partial charge is 0.459 e. The Hall–Kier alpha value is -1.91. The smallest absolute Gasteiger partial charge is 0.338 e. The number of hydrogen-bond donors (Lipinski definition) is 0. The lowest BCUT2D eigenvalue weighted by molar-refractivity contribution is -0.140. The quantitative estimate of drug-likeness (QED) is 0.261. The molecule has 1 aliphatic carbocycles. The van der Waals surface area contributed by atoms with Crippen LogP contribution in [0.5, 0.6) is 5.75 Å². The van der Waals surface area contributed by atoms with Crippen molar-refractivity contribution in [1.29, 1.82) is 0 Å². The van der Waals surface area contributed by atoms with E-state index in [9.17, 15) is 14.0 Å². The molecule has 0 bridgehead atoms. The Kier molecular flexibility index (Phi) is 9.62. The zero-order valence-corrected chi connectivity index (χ0v) is 18.0. The molecule has 1 saturated carbocycles. The van der Waals surface area contributed by atoms with Crippen molar-refractivity contribution in [3.8, 4) is 5.75 Å². The second-order valence-corrected chi connectivity index (χ2v) is 8.39. The molecule has 0 heterocycles. The third-order valence-corrected chi connectivity index (χ3v) is 5.67. The number of carbonyl (C=O) groups is 2. The maximum atomic E-state index is 13.0. The average molecular weight is 407 g/mol. The number of hydrogen-bond acceptors (Lipinski definition) is 4. The first-order valence-electron chi connectivity index (χ1n) is 11.1. The van der Waals surface area contributed by atoms with Crippen molar-refractivity contribution in [2.24, 2.45) is 11.8 Å². The maximum absolute atomic E-state index is 13.0. The van der Waals surface area contributed by atoms with Crippen LogP contribution in [-0.4, -0.2) is 24.2 Å². The first kappa shape index (κ1) is 23.4. The molecule has 0 aromatic heterocycles. The molecule has 2 unspecified atom stereocenters. The summed E-state index contributed by atoms with van der Waals surface area (Å²) >= 11 is 0. The fraction of sp³-hybridized carbons (Fsp3) is 0.667. The van der Waals surface area contributed by atoms with Crippen LogP contribution in [0.4, 0.5) is 4.39 Å². The molecule has 162 valence electrons. The Morgan fingerprint density at radius 2 is 1.72 bits per heavy atom. The number of ether oxygens (including phenoxy) is 2. The van der Waals surface area contributed by atoms with E-state index in [0.29, 0.717) is 11.3 Å². The molecule has 2 rings (SSSR count). The summed E-state index contributed by atoms with van der Waals surface area (Å²) in [5.74, 6) is 0.460. The minimum absolute atomic E-state index is 0.0365. The topological polar surface area (TPSA) is 52.6 Å². The van der Waals surface area contributed by atoms with Gasteiger partial charge in [-0.25, -0.2) is 9.18 Å². The lowest BCUT2D eigenvalue weighted by Crippen LogP contribution is -2.25. The second-order valence-electron chi connectivity index (χ2n) is 8.39. The molecule has 5 heteroatoms. The average Bonchev–Trinajstić information content (AvgIpc) is 2.68. The molecule has 0 amide bonds. The van der Waals surface area contributed by atoms with Crippen molar-refractivity contribution in [1.82, 2.24) is 0 Å². The molecule has 0 radical (unpaired) electrons.